The van der Waals surface area contributed by atoms with Gasteiger partial charge in [0.05, 0.1) is 0 Å². The first-order chi connectivity index (χ1) is 22.6. The van der Waals surface area contributed by atoms with Crippen LogP contribution in [0.1, 0.15) is 39.8 Å². The molecule has 4 aromatic carbocycles. The SMILES string of the molecule is O=C(/C=C(\O)c1cccc(Cc2ccccc2F)c1)C(=O)NCCCNC(=O)C(=O)/C=C(\O)c1cccc(Cc2ccccc2F)c1. The molecule has 4 aromatic rings. The minimum absolute atomic E-state index is 0.0122. The Balaban J connectivity index is 1.21. The highest BCUT2D eigenvalue weighted by molar-refractivity contribution is 6.42. The molecule has 0 aromatic heterocycles. The van der Waals surface area contributed by atoms with Gasteiger partial charge in [-0.05, 0) is 52.9 Å². The van der Waals surface area contributed by atoms with Gasteiger partial charge in [-0.25, -0.2) is 8.78 Å². The molecule has 0 saturated carbocycles. The Morgan fingerprint density at radius 1 is 0.574 bits per heavy atom. The summed E-state index contributed by atoms with van der Waals surface area (Å²) in [6, 6.07) is 25.7. The second-order valence-corrected chi connectivity index (χ2v) is 10.6. The second-order valence-electron chi connectivity index (χ2n) is 10.6. The zero-order valence-electron chi connectivity index (χ0n) is 25.2. The van der Waals surface area contributed by atoms with Crippen molar-refractivity contribution >= 4 is 34.9 Å². The Morgan fingerprint density at radius 2 is 0.979 bits per heavy atom. The Labute approximate surface area is 270 Å². The van der Waals surface area contributed by atoms with E-state index in [9.17, 15) is 38.2 Å². The van der Waals surface area contributed by atoms with Crippen molar-refractivity contribution in [2.75, 3.05) is 13.1 Å². The molecule has 0 aliphatic heterocycles. The molecule has 8 nitrogen and oxygen atoms in total. The molecule has 10 heteroatoms. The van der Waals surface area contributed by atoms with Crippen molar-refractivity contribution in [3.63, 3.8) is 0 Å². The molecule has 4 rings (SSSR count). The molecule has 0 atom stereocenters. The van der Waals surface area contributed by atoms with Gasteiger partial charge < -0.3 is 20.8 Å². The van der Waals surface area contributed by atoms with Gasteiger partial charge in [-0.15, -0.1) is 0 Å². The van der Waals surface area contributed by atoms with Crippen molar-refractivity contribution < 1.29 is 38.2 Å². The first-order valence-electron chi connectivity index (χ1n) is 14.7. The maximum Gasteiger partial charge on any atom is 0.291 e. The van der Waals surface area contributed by atoms with E-state index in [4.69, 9.17) is 0 Å². The predicted molar refractivity (Wildman–Crippen MR) is 173 cm³/mol. The van der Waals surface area contributed by atoms with Crippen LogP contribution < -0.4 is 10.6 Å². The Kier molecular flexibility index (Phi) is 11.9. The highest BCUT2D eigenvalue weighted by Gasteiger charge is 2.15. The second kappa shape index (κ2) is 16.4. The molecule has 4 N–H and O–H groups in total. The molecule has 0 unspecified atom stereocenters. The van der Waals surface area contributed by atoms with Crippen molar-refractivity contribution in [3.05, 3.63) is 154 Å². The lowest BCUT2D eigenvalue weighted by molar-refractivity contribution is -0.135. The largest absolute Gasteiger partial charge is 0.507 e. The fourth-order valence-electron chi connectivity index (χ4n) is 4.62. The highest BCUT2D eigenvalue weighted by atomic mass is 19.1. The molecule has 0 fully saturated rings. The Hall–Kier alpha value is -5.90. The van der Waals surface area contributed by atoms with Gasteiger partial charge in [0.1, 0.15) is 23.2 Å². The number of carbonyl (C=O) groups is 4. The van der Waals surface area contributed by atoms with E-state index in [0.717, 1.165) is 12.2 Å². The van der Waals surface area contributed by atoms with Gasteiger partial charge in [0, 0.05) is 49.2 Å². The van der Waals surface area contributed by atoms with Crippen LogP contribution in [0.2, 0.25) is 0 Å². The lowest BCUT2D eigenvalue weighted by Gasteiger charge is -2.07. The van der Waals surface area contributed by atoms with Crippen LogP contribution in [0, 0.1) is 11.6 Å². The molecular formula is C37H32F2N2O6. The number of ketones is 2. The standard InChI is InChI=1S/C37H32F2N2O6/c38-30-14-3-1-10-26(30)18-24-8-5-12-28(20-24)32(42)22-34(44)36(46)40-16-7-17-41-37(47)35(45)23-33(43)29-13-6-9-25(21-29)19-27-11-2-4-15-31(27)39/h1-6,8-15,20-23,42-43H,7,16-19H2,(H,40,46)(H,41,47)/b32-22-,33-23-. The Bertz CT molecular complexity index is 1720. The van der Waals surface area contributed by atoms with E-state index >= 15 is 0 Å². The molecule has 0 spiro atoms. The maximum absolute atomic E-state index is 14.0. The third-order valence-corrected chi connectivity index (χ3v) is 7.06. The minimum atomic E-state index is -1.00. The molecule has 0 radical (unpaired) electrons. The molecule has 240 valence electrons. The zero-order chi connectivity index (χ0) is 33.8. The van der Waals surface area contributed by atoms with Crippen LogP contribution in [0.15, 0.2) is 109 Å². The summed E-state index contributed by atoms with van der Waals surface area (Å²) in [7, 11) is 0. The minimum Gasteiger partial charge on any atom is -0.507 e. The van der Waals surface area contributed by atoms with Crippen LogP contribution in [0.5, 0.6) is 0 Å². The lowest BCUT2D eigenvalue weighted by Crippen LogP contribution is -2.35. The van der Waals surface area contributed by atoms with Crippen LogP contribution in [-0.2, 0) is 32.0 Å². The van der Waals surface area contributed by atoms with Gasteiger partial charge >= 0.3 is 0 Å². The lowest BCUT2D eigenvalue weighted by atomic mass is 10.0. The number of hydrogen-bond acceptors (Lipinski definition) is 6. The molecule has 2 amide bonds. The van der Waals surface area contributed by atoms with Crippen molar-refractivity contribution in [3.8, 4) is 0 Å². The van der Waals surface area contributed by atoms with Crippen LogP contribution in [0.25, 0.3) is 11.5 Å². The zero-order valence-corrected chi connectivity index (χ0v) is 25.2. The van der Waals surface area contributed by atoms with Crippen molar-refractivity contribution in [1.29, 1.82) is 0 Å². The van der Waals surface area contributed by atoms with Crippen LogP contribution in [0.4, 0.5) is 8.78 Å². The van der Waals surface area contributed by atoms with E-state index in [1.165, 1.54) is 12.1 Å². The number of hydrogen-bond donors (Lipinski definition) is 4. The smallest absolute Gasteiger partial charge is 0.291 e. The number of carbonyl (C=O) groups excluding carboxylic acids is 4. The third kappa shape index (κ3) is 10.1. The fraction of sp³-hybridized carbons (Fsp3) is 0.135. The first-order valence-corrected chi connectivity index (χ1v) is 14.7. The van der Waals surface area contributed by atoms with E-state index < -0.39 is 34.9 Å². The number of nitrogens with one attached hydrogen (secondary N) is 2. The summed E-state index contributed by atoms with van der Waals surface area (Å²) in [6.07, 6.45) is 2.29. The molecule has 0 heterocycles. The monoisotopic (exact) mass is 638 g/mol. The van der Waals surface area contributed by atoms with Crippen molar-refractivity contribution in [1.82, 2.24) is 10.6 Å². The summed E-state index contributed by atoms with van der Waals surface area (Å²) < 4.78 is 28.0. The van der Waals surface area contributed by atoms with E-state index in [-0.39, 0.29) is 55.1 Å². The van der Waals surface area contributed by atoms with Gasteiger partial charge in [-0.1, -0.05) is 72.8 Å². The average Bonchev–Trinajstić information content (AvgIpc) is 3.06. The number of halogens is 2. The number of benzene rings is 4. The van der Waals surface area contributed by atoms with Crippen LogP contribution in [-0.4, -0.2) is 46.7 Å². The van der Waals surface area contributed by atoms with Gasteiger partial charge in [-0.2, -0.15) is 0 Å². The van der Waals surface area contributed by atoms with Crippen molar-refractivity contribution in [2.24, 2.45) is 0 Å². The van der Waals surface area contributed by atoms with Gasteiger partial charge in [0.15, 0.2) is 0 Å². The normalized spacial score (nSPS) is 11.5. The third-order valence-electron chi connectivity index (χ3n) is 7.06. The summed E-state index contributed by atoms with van der Waals surface area (Å²) in [5.74, 6) is -5.54. The van der Waals surface area contributed by atoms with Gasteiger partial charge in [0.25, 0.3) is 11.8 Å². The highest BCUT2D eigenvalue weighted by Crippen LogP contribution is 2.19. The molecular weight excluding hydrogens is 606 g/mol. The molecule has 0 saturated heterocycles. The topological polar surface area (TPSA) is 133 Å². The summed E-state index contributed by atoms with van der Waals surface area (Å²) in [5, 5.41) is 25.5. The summed E-state index contributed by atoms with van der Waals surface area (Å²) in [5.41, 5.74) is 2.89. The average molecular weight is 639 g/mol. The Morgan fingerprint density at radius 3 is 1.38 bits per heavy atom. The van der Waals surface area contributed by atoms with E-state index in [0.29, 0.717) is 22.3 Å². The maximum atomic E-state index is 14.0. The molecule has 0 bridgehead atoms. The summed E-state index contributed by atoms with van der Waals surface area (Å²) in [6.45, 7) is -0.0245. The number of amides is 2. The first kappa shape index (κ1) is 34.0. The van der Waals surface area contributed by atoms with Gasteiger partial charge in [-0.3, -0.25) is 19.2 Å². The predicted octanol–water partition coefficient (Wildman–Crippen LogP) is 5.41. The van der Waals surface area contributed by atoms with E-state index in [2.05, 4.69) is 10.6 Å². The van der Waals surface area contributed by atoms with Crippen molar-refractivity contribution in [2.45, 2.75) is 19.3 Å². The molecule has 0 aliphatic rings. The number of aliphatic hydroxyl groups excluding tert-OH is 2. The van der Waals surface area contributed by atoms with Gasteiger partial charge in [0.2, 0.25) is 11.6 Å². The molecule has 0 aliphatic carbocycles. The fourth-order valence-corrected chi connectivity index (χ4v) is 4.62. The van der Waals surface area contributed by atoms with E-state index in [1.54, 1.807) is 84.9 Å². The summed E-state index contributed by atoms with van der Waals surface area (Å²) >= 11 is 0. The van der Waals surface area contributed by atoms with E-state index in [1.807, 2.05) is 0 Å². The quantitative estimate of drug-likeness (QED) is 0.0633. The van der Waals surface area contributed by atoms with Crippen LogP contribution >= 0.6 is 0 Å². The van der Waals surface area contributed by atoms with Crippen LogP contribution in [0.3, 0.4) is 0 Å². The number of rotatable bonds is 14. The number of aliphatic hydroxyl groups is 2. The summed E-state index contributed by atoms with van der Waals surface area (Å²) in [4.78, 5) is 49.0. The molecule has 47 heavy (non-hydrogen) atoms.